The Morgan fingerprint density at radius 1 is 1.13 bits per heavy atom. The summed E-state index contributed by atoms with van der Waals surface area (Å²) >= 11 is 0. The van der Waals surface area contributed by atoms with Crippen molar-refractivity contribution in [1.29, 1.82) is 0 Å². The number of rotatable bonds is 5. The molecule has 0 saturated heterocycles. The molecule has 0 aliphatic rings. The molecule has 0 spiro atoms. The number of carbonyl (C=O) groups is 1. The predicted molar refractivity (Wildman–Crippen MR) is 80.0 cm³/mol. The highest BCUT2D eigenvalue weighted by molar-refractivity contribution is 5.89. The molecule has 0 aliphatic heterocycles. The Hall–Kier alpha value is -2.70. The Morgan fingerprint density at radius 2 is 1.87 bits per heavy atom. The number of para-hydroxylation sites is 1. The van der Waals surface area contributed by atoms with Gasteiger partial charge in [0, 0.05) is 0 Å². The van der Waals surface area contributed by atoms with Crippen LogP contribution < -0.4 is 15.4 Å². The summed E-state index contributed by atoms with van der Waals surface area (Å²) in [5.41, 5.74) is 0.624. The minimum atomic E-state index is -2.92. The van der Waals surface area contributed by atoms with E-state index in [0.29, 0.717) is 5.56 Å². The third kappa shape index (κ3) is 4.91. The van der Waals surface area contributed by atoms with Gasteiger partial charge in [-0.25, -0.2) is 9.18 Å². The van der Waals surface area contributed by atoms with Crippen LogP contribution in [0.25, 0.3) is 0 Å². The highest BCUT2D eigenvalue weighted by Crippen LogP contribution is 2.21. The number of halogens is 3. The van der Waals surface area contributed by atoms with Crippen molar-refractivity contribution < 1.29 is 22.7 Å². The van der Waals surface area contributed by atoms with Crippen LogP contribution in [0, 0.1) is 5.82 Å². The maximum Gasteiger partial charge on any atom is 0.387 e. The van der Waals surface area contributed by atoms with E-state index in [1.54, 1.807) is 25.1 Å². The molecule has 23 heavy (non-hydrogen) atoms. The number of hydrogen-bond acceptors (Lipinski definition) is 2. The van der Waals surface area contributed by atoms with Crippen LogP contribution in [-0.4, -0.2) is 12.6 Å². The lowest BCUT2D eigenvalue weighted by Crippen LogP contribution is -2.31. The average molecular weight is 324 g/mol. The normalized spacial score (nSPS) is 11.9. The van der Waals surface area contributed by atoms with Crippen LogP contribution in [0.1, 0.15) is 18.5 Å². The first-order valence-electron chi connectivity index (χ1n) is 6.82. The first-order valence-corrected chi connectivity index (χ1v) is 6.82. The van der Waals surface area contributed by atoms with Crippen LogP contribution in [0.5, 0.6) is 5.75 Å². The second-order valence-electron chi connectivity index (χ2n) is 4.75. The Labute approximate surface area is 131 Å². The lowest BCUT2D eigenvalue weighted by molar-refractivity contribution is -0.0499. The van der Waals surface area contributed by atoms with E-state index in [2.05, 4.69) is 15.4 Å². The first kappa shape index (κ1) is 16.7. The molecule has 2 aromatic rings. The lowest BCUT2D eigenvalue weighted by atomic mass is 10.1. The maximum absolute atomic E-state index is 13.5. The molecule has 0 heterocycles. The summed E-state index contributed by atoms with van der Waals surface area (Å²) in [6.45, 7) is -1.25. The number of ether oxygens (including phenoxy) is 1. The van der Waals surface area contributed by atoms with E-state index >= 15 is 0 Å². The van der Waals surface area contributed by atoms with E-state index < -0.39 is 24.5 Å². The molecule has 0 aliphatic carbocycles. The summed E-state index contributed by atoms with van der Waals surface area (Å²) in [6, 6.07) is 10.7. The summed E-state index contributed by atoms with van der Waals surface area (Å²) in [6.07, 6.45) is 0. The average Bonchev–Trinajstić information content (AvgIpc) is 2.49. The van der Waals surface area contributed by atoms with Gasteiger partial charge in [-0.15, -0.1) is 0 Å². The number of nitrogens with one attached hydrogen (secondary N) is 2. The summed E-state index contributed by atoms with van der Waals surface area (Å²) in [5.74, 6) is -0.553. The molecule has 2 N–H and O–H groups in total. The summed E-state index contributed by atoms with van der Waals surface area (Å²) < 4.78 is 42.2. The first-order chi connectivity index (χ1) is 11.0. The predicted octanol–water partition coefficient (Wildman–Crippen LogP) is 4.31. The van der Waals surface area contributed by atoms with Crippen molar-refractivity contribution in [1.82, 2.24) is 5.32 Å². The van der Waals surface area contributed by atoms with Crippen LogP contribution in [0.15, 0.2) is 48.5 Å². The topological polar surface area (TPSA) is 50.4 Å². The monoisotopic (exact) mass is 324 g/mol. The fraction of sp³-hybridized carbons (Fsp3) is 0.188. The highest BCUT2D eigenvalue weighted by atomic mass is 19.3. The van der Waals surface area contributed by atoms with Crippen molar-refractivity contribution in [3.05, 3.63) is 59.9 Å². The zero-order valence-electron chi connectivity index (χ0n) is 12.2. The number of alkyl halides is 2. The maximum atomic E-state index is 13.5. The van der Waals surface area contributed by atoms with E-state index in [0.717, 1.165) is 0 Å². The van der Waals surface area contributed by atoms with E-state index in [1.807, 2.05) is 0 Å². The quantitative estimate of drug-likeness (QED) is 0.861. The molecule has 1 atom stereocenters. The summed E-state index contributed by atoms with van der Waals surface area (Å²) in [5, 5.41) is 4.97. The molecule has 0 radical (unpaired) electrons. The van der Waals surface area contributed by atoms with Gasteiger partial charge in [0.1, 0.15) is 11.6 Å². The minimum absolute atomic E-state index is 0.000613. The molecule has 0 fully saturated rings. The molecule has 2 rings (SSSR count). The molecule has 122 valence electrons. The Bertz CT molecular complexity index is 680. The minimum Gasteiger partial charge on any atom is -0.435 e. The van der Waals surface area contributed by atoms with Crippen molar-refractivity contribution in [2.24, 2.45) is 0 Å². The van der Waals surface area contributed by atoms with Gasteiger partial charge < -0.3 is 15.4 Å². The largest absolute Gasteiger partial charge is 0.435 e. The number of urea groups is 1. The Balaban J connectivity index is 1.99. The van der Waals surface area contributed by atoms with Crippen molar-refractivity contribution in [2.45, 2.75) is 19.6 Å². The van der Waals surface area contributed by atoms with Crippen molar-refractivity contribution in [3.63, 3.8) is 0 Å². The van der Waals surface area contributed by atoms with Gasteiger partial charge in [0.15, 0.2) is 0 Å². The molecule has 0 unspecified atom stereocenters. The molecular weight excluding hydrogens is 309 g/mol. The number of anilines is 1. The van der Waals surface area contributed by atoms with Crippen LogP contribution in [-0.2, 0) is 0 Å². The van der Waals surface area contributed by atoms with Crippen LogP contribution in [0.2, 0.25) is 0 Å². The summed E-state index contributed by atoms with van der Waals surface area (Å²) in [7, 11) is 0. The molecule has 7 heteroatoms. The fourth-order valence-electron chi connectivity index (χ4n) is 1.96. The third-order valence-electron chi connectivity index (χ3n) is 3.05. The zero-order valence-corrected chi connectivity index (χ0v) is 12.2. The van der Waals surface area contributed by atoms with Crippen molar-refractivity contribution in [2.75, 3.05) is 5.32 Å². The van der Waals surface area contributed by atoms with E-state index in [-0.39, 0.29) is 11.4 Å². The van der Waals surface area contributed by atoms with Crippen LogP contribution >= 0.6 is 0 Å². The van der Waals surface area contributed by atoms with Crippen molar-refractivity contribution in [3.8, 4) is 5.75 Å². The van der Waals surface area contributed by atoms with Gasteiger partial charge in [0.05, 0.1) is 11.7 Å². The SMILES string of the molecule is C[C@H](NC(=O)Nc1ccccc1F)c1cccc(OC(F)F)c1. The Kier molecular flexibility index (Phi) is 5.46. The number of amides is 2. The van der Waals surface area contributed by atoms with Gasteiger partial charge in [-0.05, 0) is 36.8 Å². The molecule has 0 aromatic heterocycles. The molecule has 4 nitrogen and oxygen atoms in total. The molecule has 2 aromatic carbocycles. The molecular formula is C16H15F3N2O2. The number of hydrogen-bond donors (Lipinski definition) is 2. The fourth-order valence-corrected chi connectivity index (χ4v) is 1.96. The van der Waals surface area contributed by atoms with E-state index in [9.17, 15) is 18.0 Å². The second-order valence-corrected chi connectivity index (χ2v) is 4.75. The van der Waals surface area contributed by atoms with Gasteiger partial charge in [-0.3, -0.25) is 0 Å². The second kappa shape index (κ2) is 7.53. The van der Waals surface area contributed by atoms with E-state index in [4.69, 9.17) is 0 Å². The van der Waals surface area contributed by atoms with Crippen LogP contribution in [0.4, 0.5) is 23.7 Å². The van der Waals surface area contributed by atoms with E-state index in [1.165, 1.54) is 30.3 Å². The van der Waals surface area contributed by atoms with Gasteiger partial charge in [-0.2, -0.15) is 8.78 Å². The molecule has 0 saturated carbocycles. The van der Waals surface area contributed by atoms with Gasteiger partial charge in [0.2, 0.25) is 0 Å². The number of benzene rings is 2. The van der Waals surface area contributed by atoms with Gasteiger partial charge in [-0.1, -0.05) is 24.3 Å². The zero-order chi connectivity index (χ0) is 16.8. The van der Waals surface area contributed by atoms with Gasteiger partial charge in [0.25, 0.3) is 0 Å². The smallest absolute Gasteiger partial charge is 0.387 e. The Morgan fingerprint density at radius 3 is 2.57 bits per heavy atom. The van der Waals surface area contributed by atoms with Crippen LogP contribution in [0.3, 0.4) is 0 Å². The van der Waals surface area contributed by atoms with Gasteiger partial charge >= 0.3 is 12.6 Å². The third-order valence-corrected chi connectivity index (χ3v) is 3.05. The lowest BCUT2D eigenvalue weighted by Gasteiger charge is -2.16. The molecule has 0 bridgehead atoms. The highest BCUT2D eigenvalue weighted by Gasteiger charge is 2.13. The summed E-state index contributed by atoms with van der Waals surface area (Å²) in [4.78, 5) is 11.9. The van der Waals surface area contributed by atoms with Crippen molar-refractivity contribution >= 4 is 11.7 Å². The molecule has 2 amide bonds. The standard InChI is InChI=1S/C16H15F3N2O2/c1-10(11-5-4-6-12(9-11)23-15(18)19)20-16(22)21-14-8-3-2-7-13(14)17/h2-10,15H,1H3,(H2,20,21,22)/t10-/m0/s1. The number of carbonyl (C=O) groups excluding carboxylic acids is 1.